The van der Waals surface area contributed by atoms with E-state index in [1.807, 2.05) is 0 Å². The molecule has 0 spiro atoms. The van der Waals surface area contributed by atoms with Crippen LogP contribution in [0.25, 0.3) is 0 Å². The van der Waals surface area contributed by atoms with Crippen LogP contribution in [0, 0.1) is 0 Å². The van der Waals surface area contributed by atoms with E-state index in [1.54, 1.807) is 24.3 Å². The van der Waals surface area contributed by atoms with Crippen molar-refractivity contribution in [3.63, 3.8) is 0 Å². The molecule has 1 aromatic carbocycles. The van der Waals surface area contributed by atoms with Crippen molar-refractivity contribution >= 4 is 33.8 Å². The Morgan fingerprint density at radius 2 is 2.10 bits per heavy atom. The number of aldehydes is 1. The highest BCUT2D eigenvalue weighted by molar-refractivity contribution is 9.10. The van der Waals surface area contributed by atoms with Crippen LogP contribution in [-0.4, -0.2) is 16.3 Å². The second-order valence-corrected chi connectivity index (χ2v) is 5.81. The van der Waals surface area contributed by atoms with Crippen molar-refractivity contribution in [2.24, 2.45) is 0 Å². The molecule has 0 amide bonds. The highest BCUT2D eigenvalue weighted by Gasteiger charge is 2.27. The van der Waals surface area contributed by atoms with Crippen LogP contribution in [0.1, 0.15) is 34.9 Å². The minimum Gasteiger partial charge on any atom is -0.439 e. The Balaban J connectivity index is 1.88. The van der Waals surface area contributed by atoms with Gasteiger partial charge in [0.05, 0.1) is 0 Å². The van der Waals surface area contributed by atoms with Crippen molar-refractivity contribution in [1.29, 1.82) is 0 Å². The average molecular weight is 354 g/mol. The summed E-state index contributed by atoms with van der Waals surface area (Å²) in [6.45, 7) is 0. The number of carbonyl (C=O) groups is 1. The smallest absolute Gasteiger partial charge is 0.224 e. The minimum absolute atomic E-state index is 0.365. The molecule has 1 fully saturated rings. The van der Waals surface area contributed by atoms with Gasteiger partial charge in [0.15, 0.2) is 6.29 Å². The lowest BCUT2D eigenvalue weighted by atomic mass is 10.2. The second-order valence-electron chi connectivity index (χ2n) is 4.56. The van der Waals surface area contributed by atoms with E-state index in [2.05, 4.69) is 25.9 Å². The summed E-state index contributed by atoms with van der Waals surface area (Å²) in [5, 5.41) is 0.365. The third-order valence-electron chi connectivity index (χ3n) is 2.95. The lowest BCUT2D eigenvalue weighted by Gasteiger charge is -2.07. The fraction of sp³-hybridized carbons (Fsp3) is 0.214. The van der Waals surface area contributed by atoms with Crippen LogP contribution >= 0.6 is 27.5 Å². The molecule has 102 valence electrons. The first-order chi connectivity index (χ1) is 9.65. The maximum atomic E-state index is 10.9. The largest absolute Gasteiger partial charge is 0.439 e. The summed E-state index contributed by atoms with van der Waals surface area (Å²) < 4.78 is 6.38. The van der Waals surface area contributed by atoms with Gasteiger partial charge < -0.3 is 4.74 Å². The van der Waals surface area contributed by atoms with Crippen LogP contribution in [0.3, 0.4) is 0 Å². The summed E-state index contributed by atoms with van der Waals surface area (Å²) in [6.07, 6.45) is 2.94. The van der Waals surface area contributed by atoms with Gasteiger partial charge in [-0.2, -0.15) is 4.98 Å². The molecule has 0 radical (unpaired) electrons. The predicted molar refractivity (Wildman–Crippen MR) is 78.6 cm³/mol. The van der Waals surface area contributed by atoms with Crippen molar-refractivity contribution in [1.82, 2.24) is 9.97 Å². The topological polar surface area (TPSA) is 52.1 Å². The maximum Gasteiger partial charge on any atom is 0.224 e. The molecule has 0 saturated heterocycles. The number of hydrogen-bond acceptors (Lipinski definition) is 4. The molecular weight excluding hydrogens is 344 g/mol. The maximum absolute atomic E-state index is 10.9. The van der Waals surface area contributed by atoms with E-state index in [0.717, 1.165) is 29.4 Å². The first-order valence-corrected chi connectivity index (χ1v) is 7.30. The molecule has 1 aliphatic rings. The van der Waals surface area contributed by atoms with Crippen molar-refractivity contribution in [2.45, 2.75) is 18.8 Å². The first-order valence-electron chi connectivity index (χ1n) is 6.13. The van der Waals surface area contributed by atoms with Crippen LogP contribution < -0.4 is 4.74 Å². The first kappa shape index (κ1) is 13.5. The van der Waals surface area contributed by atoms with Gasteiger partial charge in [0, 0.05) is 22.0 Å². The van der Waals surface area contributed by atoms with Gasteiger partial charge in [-0.3, -0.25) is 4.79 Å². The Morgan fingerprint density at radius 1 is 1.30 bits per heavy atom. The van der Waals surface area contributed by atoms with Crippen molar-refractivity contribution in [3.05, 3.63) is 45.3 Å². The fourth-order valence-corrected chi connectivity index (χ4v) is 2.31. The van der Waals surface area contributed by atoms with Crippen molar-refractivity contribution in [2.75, 3.05) is 0 Å². The third-order valence-corrected chi connectivity index (χ3v) is 3.86. The number of halogens is 2. The van der Waals surface area contributed by atoms with E-state index < -0.39 is 0 Å². The SMILES string of the molecule is O=Cc1cc(Oc2cc(Cl)nc(C3CC3)n2)ccc1Br. The van der Waals surface area contributed by atoms with E-state index in [9.17, 15) is 4.79 Å². The summed E-state index contributed by atoms with van der Waals surface area (Å²) in [5.74, 6) is 2.05. The Hall–Kier alpha value is -1.46. The molecule has 4 nitrogen and oxygen atoms in total. The van der Waals surface area contributed by atoms with E-state index in [0.29, 0.717) is 28.3 Å². The van der Waals surface area contributed by atoms with Crippen LogP contribution in [0.5, 0.6) is 11.6 Å². The van der Waals surface area contributed by atoms with E-state index in [4.69, 9.17) is 16.3 Å². The predicted octanol–water partition coefficient (Wildman–Crippen LogP) is 4.37. The number of benzene rings is 1. The molecule has 0 atom stereocenters. The Labute approximate surface area is 129 Å². The summed E-state index contributed by atoms with van der Waals surface area (Å²) in [5.41, 5.74) is 0.519. The highest BCUT2D eigenvalue weighted by Crippen LogP contribution is 2.39. The van der Waals surface area contributed by atoms with Gasteiger partial charge in [0.1, 0.15) is 16.7 Å². The van der Waals surface area contributed by atoms with E-state index in [-0.39, 0.29) is 0 Å². The van der Waals surface area contributed by atoms with Crippen LogP contribution in [0.15, 0.2) is 28.7 Å². The minimum atomic E-state index is 0.365. The molecule has 1 saturated carbocycles. The Kier molecular flexibility index (Phi) is 3.72. The number of nitrogens with zero attached hydrogens (tertiary/aromatic N) is 2. The molecular formula is C14H10BrClN2O2. The zero-order valence-corrected chi connectivity index (χ0v) is 12.7. The molecule has 1 heterocycles. The second kappa shape index (κ2) is 5.50. The third kappa shape index (κ3) is 2.99. The number of rotatable bonds is 4. The quantitative estimate of drug-likeness (QED) is 0.605. The van der Waals surface area contributed by atoms with E-state index in [1.165, 1.54) is 0 Å². The molecule has 20 heavy (non-hydrogen) atoms. The molecule has 3 rings (SSSR count). The van der Waals surface area contributed by atoms with Crippen LogP contribution in [0.4, 0.5) is 0 Å². The van der Waals surface area contributed by atoms with Gasteiger partial charge in [-0.25, -0.2) is 4.98 Å². The molecule has 6 heteroatoms. The Morgan fingerprint density at radius 3 is 2.80 bits per heavy atom. The molecule has 0 N–H and O–H groups in total. The molecule has 0 aliphatic heterocycles. The molecule has 0 unspecified atom stereocenters. The number of ether oxygens (including phenoxy) is 1. The van der Waals surface area contributed by atoms with Gasteiger partial charge in [0.25, 0.3) is 0 Å². The molecule has 1 aromatic heterocycles. The summed E-state index contributed by atoms with van der Waals surface area (Å²) >= 11 is 9.27. The Bertz CT molecular complexity index is 674. The fourth-order valence-electron chi connectivity index (χ4n) is 1.79. The van der Waals surface area contributed by atoms with E-state index >= 15 is 0 Å². The van der Waals surface area contributed by atoms with Crippen molar-refractivity contribution < 1.29 is 9.53 Å². The van der Waals surface area contributed by atoms with Crippen LogP contribution in [0.2, 0.25) is 5.15 Å². The van der Waals surface area contributed by atoms with Crippen molar-refractivity contribution in [3.8, 4) is 11.6 Å². The van der Waals surface area contributed by atoms with Gasteiger partial charge in [-0.1, -0.05) is 27.5 Å². The lowest BCUT2D eigenvalue weighted by molar-refractivity contribution is 0.112. The van der Waals surface area contributed by atoms with Gasteiger partial charge >= 0.3 is 0 Å². The number of carbonyl (C=O) groups excluding carboxylic acids is 1. The van der Waals surface area contributed by atoms with Crippen LogP contribution in [-0.2, 0) is 0 Å². The number of hydrogen-bond donors (Lipinski definition) is 0. The number of aromatic nitrogens is 2. The molecule has 0 bridgehead atoms. The molecule has 1 aliphatic carbocycles. The zero-order chi connectivity index (χ0) is 14.1. The summed E-state index contributed by atoms with van der Waals surface area (Å²) in [7, 11) is 0. The standard InChI is InChI=1S/C14H10BrClN2O2/c15-11-4-3-10(5-9(11)7-19)20-13-6-12(16)17-14(18-13)8-1-2-8/h3-8H,1-2H2. The monoisotopic (exact) mass is 352 g/mol. The highest BCUT2D eigenvalue weighted by atomic mass is 79.9. The summed E-state index contributed by atoms with van der Waals surface area (Å²) in [6, 6.07) is 6.72. The van der Waals surface area contributed by atoms with Gasteiger partial charge in [-0.15, -0.1) is 0 Å². The lowest BCUT2D eigenvalue weighted by Crippen LogP contribution is -1.96. The zero-order valence-electron chi connectivity index (χ0n) is 10.3. The summed E-state index contributed by atoms with van der Waals surface area (Å²) in [4.78, 5) is 19.5. The molecule has 2 aromatic rings. The average Bonchev–Trinajstić information content (AvgIpc) is 3.25. The van der Waals surface area contributed by atoms with Gasteiger partial charge in [-0.05, 0) is 31.0 Å². The van der Waals surface area contributed by atoms with Gasteiger partial charge in [0.2, 0.25) is 5.88 Å². The normalized spacial score (nSPS) is 14.1.